The maximum Gasteiger partial charge on any atom is 1.00 e. The Kier molecular flexibility index (Phi) is 6.83. The summed E-state index contributed by atoms with van der Waals surface area (Å²) in [6.45, 7) is 18.1. The topological polar surface area (TPSA) is 54.4 Å². The fourth-order valence-electron chi connectivity index (χ4n) is 2.45. The van der Waals surface area contributed by atoms with E-state index in [4.69, 9.17) is 0 Å². The van der Waals surface area contributed by atoms with E-state index in [2.05, 4.69) is 20.8 Å². The first-order chi connectivity index (χ1) is 9.45. The van der Waals surface area contributed by atoms with E-state index in [1.165, 1.54) is 0 Å². The van der Waals surface area contributed by atoms with Gasteiger partial charge in [0.25, 0.3) is 10.1 Å². The molecular weight excluding hydrogens is 319 g/mol. The molecule has 1 aromatic carbocycles. The standard InChI is InChI=1S/C18H30O3S.Na.H/c1-16(2,3)12-10-13(17(4,5)6)15(22(19,20)21)14(11-12)18(7,8)9;;/h10-11H,1-9H3,(H,19,20,21);;/q;+1;-1. The van der Waals surface area contributed by atoms with Crippen LogP contribution >= 0.6 is 0 Å². The SMILES string of the molecule is CC(C)(C)c1cc(C(C)(C)C)c(S(=O)(=O)O)c(C(C)(C)C)c1.[H-].[Na+]. The summed E-state index contributed by atoms with van der Waals surface area (Å²) < 4.78 is 34.0. The van der Waals surface area contributed by atoms with Crippen LogP contribution in [-0.4, -0.2) is 13.0 Å². The van der Waals surface area contributed by atoms with Crippen molar-refractivity contribution >= 4 is 10.1 Å². The van der Waals surface area contributed by atoms with Crippen LogP contribution in [-0.2, 0) is 26.4 Å². The van der Waals surface area contributed by atoms with Gasteiger partial charge in [0.15, 0.2) is 0 Å². The summed E-state index contributed by atoms with van der Waals surface area (Å²) in [6, 6.07) is 3.86. The molecule has 5 heteroatoms. The van der Waals surface area contributed by atoms with Crippen molar-refractivity contribution in [2.45, 2.75) is 83.5 Å². The molecule has 0 radical (unpaired) electrons. The van der Waals surface area contributed by atoms with Crippen LogP contribution in [0, 0.1) is 0 Å². The largest absolute Gasteiger partial charge is 1.00 e. The van der Waals surface area contributed by atoms with Crippen molar-refractivity contribution in [3.8, 4) is 0 Å². The van der Waals surface area contributed by atoms with Gasteiger partial charge in [-0.1, -0.05) is 74.4 Å². The maximum atomic E-state index is 12.1. The normalized spacial score (nSPS) is 13.7. The van der Waals surface area contributed by atoms with E-state index >= 15 is 0 Å². The van der Waals surface area contributed by atoms with E-state index in [-0.39, 0.29) is 52.1 Å². The second-order valence-corrected chi connectivity index (χ2v) is 10.5. The summed E-state index contributed by atoms with van der Waals surface area (Å²) in [5.41, 5.74) is 1.56. The Labute approximate surface area is 165 Å². The molecule has 0 bridgehead atoms. The molecule has 0 aliphatic carbocycles. The minimum absolute atomic E-state index is 0. The number of benzene rings is 1. The average molecular weight is 351 g/mol. The molecule has 0 aliphatic rings. The van der Waals surface area contributed by atoms with E-state index in [0.29, 0.717) is 11.1 Å². The molecule has 1 rings (SSSR count). The summed E-state index contributed by atoms with van der Waals surface area (Å²) in [5, 5.41) is 0. The van der Waals surface area contributed by atoms with E-state index < -0.39 is 10.1 Å². The van der Waals surface area contributed by atoms with Crippen LogP contribution in [0.25, 0.3) is 0 Å². The molecule has 0 aliphatic heterocycles. The van der Waals surface area contributed by atoms with Crippen LogP contribution < -0.4 is 29.6 Å². The minimum atomic E-state index is -4.29. The molecule has 0 fully saturated rings. The molecule has 23 heavy (non-hydrogen) atoms. The van der Waals surface area contributed by atoms with E-state index in [1.807, 2.05) is 53.7 Å². The van der Waals surface area contributed by atoms with Crippen LogP contribution in [0.5, 0.6) is 0 Å². The molecule has 0 saturated carbocycles. The third kappa shape index (κ3) is 5.57. The van der Waals surface area contributed by atoms with Crippen LogP contribution in [0.4, 0.5) is 0 Å². The molecule has 0 unspecified atom stereocenters. The van der Waals surface area contributed by atoms with Gasteiger partial charge in [0.05, 0.1) is 0 Å². The van der Waals surface area contributed by atoms with Gasteiger partial charge in [-0.2, -0.15) is 8.42 Å². The van der Waals surface area contributed by atoms with Crippen LogP contribution in [0.3, 0.4) is 0 Å². The fraction of sp³-hybridized carbons (Fsp3) is 0.667. The Morgan fingerprint density at radius 3 is 1.26 bits per heavy atom. The van der Waals surface area contributed by atoms with E-state index in [0.717, 1.165) is 5.56 Å². The third-order valence-electron chi connectivity index (χ3n) is 3.83. The van der Waals surface area contributed by atoms with Crippen molar-refractivity contribution in [2.24, 2.45) is 0 Å². The molecule has 1 aromatic rings. The summed E-state index contributed by atoms with van der Waals surface area (Å²) in [6.07, 6.45) is 0. The average Bonchev–Trinajstić information content (AvgIpc) is 2.22. The number of hydrogen-bond acceptors (Lipinski definition) is 2. The van der Waals surface area contributed by atoms with Crippen molar-refractivity contribution in [3.05, 3.63) is 28.8 Å². The van der Waals surface area contributed by atoms with Gasteiger partial charge in [-0.05, 0) is 32.9 Å². The predicted octanol–water partition coefficient (Wildman–Crippen LogP) is 1.94. The second-order valence-electron chi connectivity index (χ2n) is 9.13. The first-order valence-electron chi connectivity index (χ1n) is 7.62. The van der Waals surface area contributed by atoms with Crippen LogP contribution in [0.2, 0.25) is 0 Å². The summed E-state index contributed by atoms with van der Waals surface area (Å²) in [7, 11) is -4.29. The molecule has 128 valence electrons. The van der Waals surface area contributed by atoms with Gasteiger partial charge >= 0.3 is 29.6 Å². The molecule has 0 amide bonds. The molecule has 0 heterocycles. The zero-order valence-electron chi connectivity index (χ0n) is 17.3. The molecular formula is C18H31NaO3S. The first kappa shape index (κ1) is 23.1. The van der Waals surface area contributed by atoms with Gasteiger partial charge in [-0.25, -0.2) is 0 Å². The summed E-state index contributed by atoms with van der Waals surface area (Å²) >= 11 is 0. The minimum Gasteiger partial charge on any atom is -1.00 e. The molecule has 1 N–H and O–H groups in total. The first-order valence-corrected chi connectivity index (χ1v) is 9.06. The van der Waals surface area contributed by atoms with Gasteiger partial charge in [0, 0.05) is 0 Å². The number of hydrogen-bond donors (Lipinski definition) is 1. The van der Waals surface area contributed by atoms with Crippen molar-refractivity contribution in [2.75, 3.05) is 0 Å². The quantitative estimate of drug-likeness (QED) is 0.622. The zero-order chi connectivity index (χ0) is 17.7. The Bertz CT molecular complexity index is 641. The second kappa shape index (κ2) is 6.80. The van der Waals surface area contributed by atoms with Gasteiger partial charge in [-0.3, -0.25) is 4.55 Å². The Morgan fingerprint density at radius 1 is 0.783 bits per heavy atom. The monoisotopic (exact) mass is 350 g/mol. The van der Waals surface area contributed by atoms with Gasteiger partial charge in [-0.15, -0.1) is 0 Å². The van der Waals surface area contributed by atoms with Gasteiger partial charge in [0.1, 0.15) is 4.90 Å². The van der Waals surface area contributed by atoms with Crippen molar-refractivity contribution in [1.29, 1.82) is 0 Å². The molecule has 0 saturated heterocycles. The Morgan fingerprint density at radius 2 is 1.09 bits per heavy atom. The molecule has 3 nitrogen and oxygen atoms in total. The third-order valence-corrected chi connectivity index (χ3v) is 4.78. The van der Waals surface area contributed by atoms with Gasteiger partial charge in [0.2, 0.25) is 0 Å². The molecule has 0 aromatic heterocycles. The van der Waals surface area contributed by atoms with Crippen LogP contribution in [0.15, 0.2) is 17.0 Å². The van der Waals surface area contributed by atoms with Crippen molar-refractivity contribution in [3.63, 3.8) is 0 Å². The summed E-state index contributed by atoms with van der Waals surface area (Å²) in [4.78, 5) is 0.0699. The smallest absolute Gasteiger partial charge is 1.00 e. The maximum absolute atomic E-state index is 12.1. The predicted molar refractivity (Wildman–Crippen MR) is 93.5 cm³/mol. The Hall–Kier alpha value is 0.130. The summed E-state index contributed by atoms with van der Waals surface area (Å²) in [5.74, 6) is 0. The Balaban J connectivity index is 0. The fourth-order valence-corrected chi connectivity index (χ4v) is 3.74. The van der Waals surface area contributed by atoms with Crippen molar-refractivity contribution in [1.82, 2.24) is 0 Å². The molecule has 0 atom stereocenters. The number of rotatable bonds is 1. The zero-order valence-corrected chi connectivity index (χ0v) is 19.1. The van der Waals surface area contributed by atoms with E-state index in [1.54, 1.807) is 0 Å². The van der Waals surface area contributed by atoms with Crippen molar-refractivity contribution < 1.29 is 44.0 Å². The van der Waals surface area contributed by atoms with Gasteiger partial charge < -0.3 is 1.43 Å². The van der Waals surface area contributed by atoms with Crippen LogP contribution in [0.1, 0.15) is 80.4 Å². The molecule has 0 spiro atoms. The van der Waals surface area contributed by atoms with E-state index in [9.17, 15) is 13.0 Å².